The third kappa shape index (κ3) is 6.20. The van der Waals surface area contributed by atoms with Gasteiger partial charge in [-0.15, -0.1) is 23.5 Å². The van der Waals surface area contributed by atoms with Crippen LogP contribution in [0, 0.1) is 5.92 Å². The van der Waals surface area contributed by atoms with E-state index < -0.39 is 33.2 Å². The van der Waals surface area contributed by atoms with E-state index in [1.807, 2.05) is 55.5 Å². The van der Waals surface area contributed by atoms with Gasteiger partial charge in [-0.05, 0) is 36.8 Å². The van der Waals surface area contributed by atoms with E-state index in [1.54, 1.807) is 0 Å². The van der Waals surface area contributed by atoms with Gasteiger partial charge in [-0.2, -0.15) is 0 Å². The van der Waals surface area contributed by atoms with Crippen LogP contribution in [0.5, 0.6) is 0 Å². The van der Waals surface area contributed by atoms with Crippen molar-refractivity contribution in [3.63, 3.8) is 0 Å². The summed E-state index contributed by atoms with van der Waals surface area (Å²) < 4.78 is -1.79. The summed E-state index contributed by atoms with van der Waals surface area (Å²) in [5, 5.41) is 26.7. The minimum atomic E-state index is -1.27. The molecule has 1 fully saturated rings. The zero-order valence-electron chi connectivity index (χ0n) is 22.0. The van der Waals surface area contributed by atoms with Crippen LogP contribution in [0.15, 0.2) is 70.5 Å². The topological polar surface area (TPSA) is 162 Å². The van der Waals surface area contributed by atoms with E-state index in [-0.39, 0.29) is 41.9 Å². The molecule has 2 aliphatic carbocycles. The van der Waals surface area contributed by atoms with Gasteiger partial charge in [0.2, 0.25) is 5.91 Å². The number of nitrogens with two attached hydrogens (primary N) is 1. The number of hydrazine groups is 1. The third-order valence-electron chi connectivity index (χ3n) is 7.07. The fourth-order valence-electron chi connectivity index (χ4n) is 5.13. The quantitative estimate of drug-likeness (QED) is 0.264. The molecule has 0 radical (unpaired) electrons. The molecule has 1 heterocycles. The van der Waals surface area contributed by atoms with E-state index in [4.69, 9.17) is 5.84 Å². The summed E-state index contributed by atoms with van der Waals surface area (Å²) in [6.45, 7) is 2.77. The zero-order valence-corrected chi connectivity index (χ0v) is 23.6. The molecule has 40 heavy (non-hydrogen) atoms. The van der Waals surface area contributed by atoms with E-state index in [1.165, 1.54) is 5.01 Å². The Balaban J connectivity index is 1.95. The van der Waals surface area contributed by atoms with Crippen LogP contribution in [-0.4, -0.2) is 65.2 Å². The highest BCUT2D eigenvalue weighted by atomic mass is 32.2. The first kappa shape index (κ1) is 29.7. The number of hydrogen-bond acceptors (Lipinski definition) is 8. The second-order valence-electron chi connectivity index (χ2n) is 9.81. The number of carbonyl (C=O) groups excluding carboxylic acids is 2. The van der Waals surface area contributed by atoms with Crippen molar-refractivity contribution in [2.45, 2.75) is 29.3 Å². The Morgan fingerprint density at radius 1 is 0.975 bits per heavy atom. The summed E-state index contributed by atoms with van der Waals surface area (Å²) in [5.74, 6) is 2.37. The Hall–Kier alpha value is -3.32. The lowest BCUT2D eigenvalue weighted by Crippen LogP contribution is -2.54. The van der Waals surface area contributed by atoms with Crippen molar-refractivity contribution in [1.29, 1.82) is 0 Å². The van der Waals surface area contributed by atoms with Crippen LogP contribution < -0.4 is 16.5 Å². The summed E-state index contributed by atoms with van der Waals surface area (Å²) in [6.07, 6.45) is 3.63. The van der Waals surface area contributed by atoms with Crippen molar-refractivity contribution >= 4 is 47.3 Å². The molecule has 2 amide bonds. The minimum absolute atomic E-state index is 0.00801. The van der Waals surface area contributed by atoms with Gasteiger partial charge in [-0.1, -0.05) is 48.5 Å². The molecule has 0 saturated heterocycles. The normalized spacial score (nSPS) is 28.4. The molecule has 0 spiro atoms. The molecule has 0 bridgehead atoms. The van der Waals surface area contributed by atoms with Crippen molar-refractivity contribution in [3.05, 3.63) is 81.6 Å². The molecule has 1 aromatic rings. The maximum absolute atomic E-state index is 13.3. The SMILES string of the molecule is CC12S/C(=C/C(=O)O)C(=O)NCCN(N)CCNC(=O)/C=C(\C(=O)O)SC1(C1CC1)c1ccccccccc12. The number of amides is 2. The average molecular weight is 585 g/mol. The van der Waals surface area contributed by atoms with Gasteiger partial charge >= 0.3 is 11.9 Å². The number of fused-ring (bicyclic) bond motifs is 4. The average Bonchev–Trinajstić information content (AvgIpc) is 3.73. The van der Waals surface area contributed by atoms with E-state index in [0.717, 1.165) is 59.6 Å². The Kier molecular flexibility index (Phi) is 9.24. The summed E-state index contributed by atoms with van der Waals surface area (Å²) in [5.41, 5.74) is 1.73. The van der Waals surface area contributed by atoms with Crippen LogP contribution in [0.25, 0.3) is 0 Å². The molecule has 212 valence electrons. The van der Waals surface area contributed by atoms with Gasteiger partial charge in [0.1, 0.15) is 0 Å². The standard InChI is InChI=1S/C28H32N4O6S2/c1-27-19-8-6-4-2-3-5-7-9-20(19)28(27,18-10-11-18)40-22(26(37)38)16-23(33)30-12-14-32(29)15-13-31-25(36)21(39-27)17-24(34)35/h2-9,16-18H,10-15,29H2,1H3,(H,30,33)(H,31,36)(H,34,35)(H,37,38)/b3-2?,4-2?,5-3?,6-4?,7-5?,8-6?,9-7?,19-8?,20-9?,21-17+,22-16+. The number of rotatable bonds is 3. The molecule has 0 aromatic heterocycles. The molecule has 12 heteroatoms. The van der Waals surface area contributed by atoms with Gasteiger partial charge < -0.3 is 20.8 Å². The van der Waals surface area contributed by atoms with Crippen molar-refractivity contribution in [1.82, 2.24) is 15.6 Å². The second-order valence-corrected chi connectivity index (χ2v) is 12.6. The highest BCUT2D eigenvalue weighted by molar-refractivity contribution is 8.09. The summed E-state index contributed by atoms with van der Waals surface area (Å²) in [4.78, 5) is 50.2. The number of thioether (sulfide) groups is 2. The third-order valence-corrected chi connectivity index (χ3v) is 10.5. The number of nitrogens with one attached hydrogen (secondary N) is 2. The summed E-state index contributed by atoms with van der Waals surface area (Å²) in [7, 11) is 0. The lowest BCUT2D eigenvalue weighted by molar-refractivity contribution is -0.132. The lowest BCUT2D eigenvalue weighted by Gasteiger charge is -2.58. The molecule has 1 aliphatic heterocycles. The van der Waals surface area contributed by atoms with Crippen LogP contribution in [0.1, 0.15) is 30.9 Å². The number of carboxylic acids is 2. The Labute approximate surface area is 240 Å². The predicted molar refractivity (Wildman–Crippen MR) is 154 cm³/mol. The Morgan fingerprint density at radius 2 is 1.57 bits per heavy atom. The number of carboxylic acid groups (broad SMARTS) is 2. The highest BCUT2D eigenvalue weighted by Gasteiger charge is 2.68. The summed E-state index contributed by atoms with van der Waals surface area (Å²) >= 11 is 2.20. The van der Waals surface area contributed by atoms with E-state index in [2.05, 4.69) is 10.6 Å². The molecule has 6 N–H and O–H groups in total. The number of carbonyl (C=O) groups is 4. The molecule has 10 nitrogen and oxygen atoms in total. The van der Waals surface area contributed by atoms with Gasteiger partial charge in [-0.25, -0.2) is 14.6 Å². The van der Waals surface area contributed by atoms with Crippen molar-refractivity contribution in [2.24, 2.45) is 11.8 Å². The molecule has 2 atom stereocenters. The number of aliphatic carboxylic acids is 2. The minimum Gasteiger partial charge on any atom is -0.478 e. The monoisotopic (exact) mass is 584 g/mol. The first-order chi connectivity index (χ1) is 19.1. The number of nitrogens with zero attached hydrogens (tertiary/aromatic N) is 1. The van der Waals surface area contributed by atoms with Crippen LogP contribution in [0.2, 0.25) is 0 Å². The van der Waals surface area contributed by atoms with E-state index in [0.29, 0.717) is 0 Å². The first-order valence-corrected chi connectivity index (χ1v) is 14.5. The zero-order chi connectivity index (χ0) is 28.9. The lowest BCUT2D eigenvalue weighted by atomic mass is 9.65. The van der Waals surface area contributed by atoms with Crippen LogP contribution in [-0.2, 0) is 28.7 Å². The molecule has 1 aromatic carbocycles. The maximum Gasteiger partial charge on any atom is 0.342 e. The van der Waals surface area contributed by atoms with Gasteiger partial charge in [0, 0.05) is 38.3 Å². The van der Waals surface area contributed by atoms with Crippen molar-refractivity contribution in [3.8, 4) is 0 Å². The van der Waals surface area contributed by atoms with Crippen LogP contribution >= 0.6 is 23.5 Å². The van der Waals surface area contributed by atoms with Crippen LogP contribution in [0.4, 0.5) is 0 Å². The molecule has 3 aliphatic rings. The van der Waals surface area contributed by atoms with Crippen molar-refractivity contribution < 1.29 is 29.4 Å². The molecular formula is C28H32N4O6S2. The maximum atomic E-state index is 13.3. The van der Waals surface area contributed by atoms with Crippen molar-refractivity contribution in [2.75, 3.05) is 26.2 Å². The predicted octanol–water partition coefficient (Wildman–Crippen LogP) is 2.47. The molecule has 4 rings (SSSR count). The molecule has 1 saturated carbocycles. The fraction of sp³-hybridized carbons (Fsp3) is 0.357. The van der Waals surface area contributed by atoms with Gasteiger partial charge in [-0.3, -0.25) is 15.4 Å². The second kappa shape index (κ2) is 12.5. The fourth-order valence-corrected chi connectivity index (χ4v) is 8.45. The van der Waals surface area contributed by atoms with Gasteiger partial charge in [0.15, 0.2) is 0 Å². The van der Waals surface area contributed by atoms with E-state index >= 15 is 0 Å². The Bertz CT molecular complexity index is 1330. The highest BCUT2D eigenvalue weighted by Crippen LogP contribution is 2.75. The molecular weight excluding hydrogens is 552 g/mol. The van der Waals surface area contributed by atoms with Crippen LogP contribution in [0.3, 0.4) is 0 Å². The van der Waals surface area contributed by atoms with E-state index in [9.17, 15) is 29.4 Å². The van der Waals surface area contributed by atoms with Gasteiger partial charge in [0.25, 0.3) is 5.91 Å². The number of hydrogen-bond donors (Lipinski definition) is 5. The summed E-state index contributed by atoms with van der Waals surface area (Å²) in [6, 6.07) is 15.1. The smallest absolute Gasteiger partial charge is 0.342 e. The first-order valence-electron chi connectivity index (χ1n) is 12.8. The largest absolute Gasteiger partial charge is 0.478 e. The molecule has 2 unspecified atom stereocenters. The Morgan fingerprint density at radius 3 is 2.17 bits per heavy atom. The van der Waals surface area contributed by atoms with Gasteiger partial charge in [0.05, 0.1) is 19.3 Å².